The number of hydrogen-bond donors (Lipinski definition) is 2. The van der Waals surface area contributed by atoms with Crippen LogP contribution in [-0.4, -0.2) is 36.6 Å². The van der Waals surface area contributed by atoms with E-state index in [-0.39, 0.29) is 6.03 Å². The molecule has 0 aliphatic carbocycles. The van der Waals surface area contributed by atoms with Crippen LogP contribution < -0.4 is 10.6 Å². The van der Waals surface area contributed by atoms with Crippen LogP contribution in [0.4, 0.5) is 10.5 Å². The molecule has 18 heavy (non-hydrogen) atoms. The fraction of sp³-hybridized carbons (Fsp3) is 0.417. The first-order valence-electron chi connectivity index (χ1n) is 5.80. The molecule has 1 aliphatic rings. The third kappa shape index (κ3) is 3.28. The van der Waals surface area contributed by atoms with Gasteiger partial charge in [-0.1, -0.05) is 23.2 Å². The van der Waals surface area contributed by atoms with Crippen LogP contribution in [0.25, 0.3) is 0 Å². The van der Waals surface area contributed by atoms with Gasteiger partial charge in [-0.15, -0.1) is 0 Å². The minimum Gasteiger partial charge on any atom is -0.322 e. The Morgan fingerprint density at radius 1 is 1.44 bits per heavy atom. The van der Waals surface area contributed by atoms with Crippen molar-refractivity contribution in [2.75, 3.05) is 25.0 Å². The van der Waals surface area contributed by atoms with Crippen LogP contribution in [0.2, 0.25) is 10.0 Å². The largest absolute Gasteiger partial charge is 0.322 e. The third-order valence-corrected chi connectivity index (χ3v) is 3.57. The molecule has 0 spiro atoms. The van der Waals surface area contributed by atoms with Crippen LogP contribution in [0, 0.1) is 0 Å². The number of amides is 2. The van der Waals surface area contributed by atoms with E-state index in [1.54, 1.807) is 23.1 Å². The predicted octanol–water partition coefficient (Wildman–Crippen LogP) is 2.82. The zero-order valence-corrected chi connectivity index (χ0v) is 11.6. The van der Waals surface area contributed by atoms with Crippen molar-refractivity contribution >= 4 is 34.9 Å². The Morgan fingerprint density at radius 3 is 2.89 bits per heavy atom. The summed E-state index contributed by atoms with van der Waals surface area (Å²) in [5, 5.41) is 7.01. The lowest BCUT2D eigenvalue weighted by molar-refractivity contribution is 0.192. The van der Waals surface area contributed by atoms with Crippen LogP contribution in [0.1, 0.15) is 6.92 Å². The number of hydrogen-bond acceptors (Lipinski definition) is 2. The predicted molar refractivity (Wildman–Crippen MR) is 74.5 cm³/mol. The lowest BCUT2D eigenvalue weighted by Crippen LogP contribution is -2.52. The number of nitrogens with zero attached hydrogens (tertiary/aromatic N) is 1. The normalized spacial score (nSPS) is 19.7. The lowest BCUT2D eigenvalue weighted by Gasteiger charge is -2.31. The van der Waals surface area contributed by atoms with Gasteiger partial charge in [0.25, 0.3) is 0 Å². The lowest BCUT2D eigenvalue weighted by atomic mass is 10.2. The molecule has 1 saturated heterocycles. The summed E-state index contributed by atoms with van der Waals surface area (Å²) in [6.07, 6.45) is 0. The molecule has 4 nitrogen and oxygen atoms in total. The first kappa shape index (κ1) is 13.5. The molecule has 0 radical (unpaired) electrons. The maximum Gasteiger partial charge on any atom is 0.321 e. The molecule has 2 rings (SSSR count). The number of urea groups is 1. The van der Waals surface area contributed by atoms with Gasteiger partial charge >= 0.3 is 6.03 Å². The summed E-state index contributed by atoms with van der Waals surface area (Å²) in [4.78, 5) is 13.8. The van der Waals surface area contributed by atoms with E-state index in [0.29, 0.717) is 34.9 Å². The molecule has 1 fully saturated rings. The topological polar surface area (TPSA) is 44.4 Å². The zero-order valence-electron chi connectivity index (χ0n) is 10.0. The Kier molecular flexibility index (Phi) is 4.32. The Morgan fingerprint density at radius 2 is 2.22 bits per heavy atom. The van der Waals surface area contributed by atoms with Gasteiger partial charge in [0.05, 0.1) is 10.0 Å². The molecule has 1 heterocycles. The van der Waals surface area contributed by atoms with Gasteiger partial charge in [-0.25, -0.2) is 4.79 Å². The quantitative estimate of drug-likeness (QED) is 0.834. The number of rotatable bonds is 1. The third-order valence-electron chi connectivity index (χ3n) is 2.83. The number of halogens is 2. The second-order valence-corrected chi connectivity index (χ2v) is 5.17. The van der Waals surface area contributed by atoms with E-state index in [1.165, 1.54) is 0 Å². The zero-order chi connectivity index (χ0) is 13.1. The number of anilines is 1. The van der Waals surface area contributed by atoms with Crippen LogP contribution in [0.5, 0.6) is 0 Å². The van der Waals surface area contributed by atoms with E-state index in [0.717, 1.165) is 6.54 Å². The number of nitrogens with one attached hydrogen (secondary N) is 2. The van der Waals surface area contributed by atoms with Crippen molar-refractivity contribution < 1.29 is 4.79 Å². The van der Waals surface area contributed by atoms with Crippen molar-refractivity contribution in [2.24, 2.45) is 0 Å². The molecule has 1 aromatic rings. The molecule has 2 N–H and O–H groups in total. The summed E-state index contributed by atoms with van der Waals surface area (Å²) in [5.74, 6) is 0. The highest BCUT2D eigenvalue weighted by molar-refractivity contribution is 6.42. The molecule has 0 bridgehead atoms. The van der Waals surface area contributed by atoms with Gasteiger partial charge < -0.3 is 15.5 Å². The summed E-state index contributed by atoms with van der Waals surface area (Å²) in [6.45, 7) is 4.28. The van der Waals surface area contributed by atoms with Gasteiger partial charge in [-0.05, 0) is 25.1 Å². The molecule has 1 unspecified atom stereocenters. The maximum absolute atomic E-state index is 12.0. The smallest absolute Gasteiger partial charge is 0.321 e. The first-order valence-corrected chi connectivity index (χ1v) is 6.56. The van der Waals surface area contributed by atoms with E-state index >= 15 is 0 Å². The van der Waals surface area contributed by atoms with Crippen molar-refractivity contribution in [1.29, 1.82) is 0 Å². The van der Waals surface area contributed by atoms with Gasteiger partial charge in [0.15, 0.2) is 0 Å². The van der Waals surface area contributed by atoms with Crippen molar-refractivity contribution in [3.63, 3.8) is 0 Å². The molecule has 1 atom stereocenters. The number of carbonyl (C=O) groups is 1. The Balaban J connectivity index is 2.00. The highest BCUT2D eigenvalue weighted by Crippen LogP contribution is 2.25. The molecular formula is C12H15Cl2N3O. The molecule has 1 aliphatic heterocycles. The van der Waals surface area contributed by atoms with Gasteiger partial charge in [0, 0.05) is 31.4 Å². The van der Waals surface area contributed by atoms with Crippen molar-refractivity contribution in [2.45, 2.75) is 13.0 Å². The SMILES string of the molecule is CC1CN(C(=O)Nc2ccc(Cl)c(Cl)c2)CCN1. The molecule has 2 amide bonds. The molecule has 0 saturated carbocycles. The van der Waals surface area contributed by atoms with Gasteiger partial charge in [-0.2, -0.15) is 0 Å². The summed E-state index contributed by atoms with van der Waals surface area (Å²) < 4.78 is 0. The fourth-order valence-corrected chi connectivity index (χ4v) is 2.19. The van der Waals surface area contributed by atoms with Gasteiger partial charge in [0.2, 0.25) is 0 Å². The maximum atomic E-state index is 12.0. The van der Waals surface area contributed by atoms with Crippen molar-refractivity contribution in [3.8, 4) is 0 Å². The molecule has 1 aromatic carbocycles. The highest BCUT2D eigenvalue weighted by Gasteiger charge is 2.20. The van der Waals surface area contributed by atoms with Crippen LogP contribution in [0.15, 0.2) is 18.2 Å². The van der Waals surface area contributed by atoms with E-state index in [2.05, 4.69) is 17.6 Å². The van der Waals surface area contributed by atoms with E-state index < -0.39 is 0 Å². The second-order valence-electron chi connectivity index (χ2n) is 4.36. The van der Waals surface area contributed by atoms with Gasteiger partial charge in [-0.3, -0.25) is 0 Å². The standard InChI is InChI=1S/C12H15Cl2N3O/c1-8-7-17(5-4-15-8)12(18)16-9-2-3-10(13)11(14)6-9/h2-3,6,8,15H,4-5,7H2,1H3,(H,16,18). The summed E-state index contributed by atoms with van der Waals surface area (Å²) in [7, 11) is 0. The fourth-order valence-electron chi connectivity index (χ4n) is 1.89. The minimum atomic E-state index is -0.110. The monoisotopic (exact) mass is 287 g/mol. The Labute approximate surface area is 116 Å². The molecule has 6 heteroatoms. The van der Waals surface area contributed by atoms with Gasteiger partial charge in [0.1, 0.15) is 0 Å². The average Bonchev–Trinajstić information content (AvgIpc) is 2.34. The van der Waals surface area contributed by atoms with Crippen LogP contribution in [0.3, 0.4) is 0 Å². The number of piperazine rings is 1. The van der Waals surface area contributed by atoms with Crippen LogP contribution >= 0.6 is 23.2 Å². The summed E-state index contributed by atoms with van der Waals surface area (Å²) >= 11 is 11.7. The van der Waals surface area contributed by atoms with Crippen molar-refractivity contribution in [1.82, 2.24) is 10.2 Å². The Bertz CT molecular complexity index is 453. The minimum absolute atomic E-state index is 0.110. The first-order chi connectivity index (χ1) is 8.56. The van der Waals surface area contributed by atoms with E-state index in [4.69, 9.17) is 23.2 Å². The highest BCUT2D eigenvalue weighted by atomic mass is 35.5. The van der Waals surface area contributed by atoms with Crippen LogP contribution in [-0.2, 0) is 0 Å². The van der Waals surface area contributed by atoms with E-state index in [9.17, 15) is 4.79 Å². The number of carbonyl (C=O) groups excluding carboxylic acids is 1. The molecule has 0 aromatic heterocycles. The second kappa shape index (κ2) is 5.78. The van der Waals surface area contributed by atoms with E-state index in [1.807, 2.05) is 0 Å². The summed E-state index contributed by atoms with van der Waals surface area (Å²) in [6, 6.07) is 5.26. The molecule has 98 valence electrons. The molecular weight excluding hydrogens is 273 g/mol. The van der Waals surface area contributed by atoms with Crippen molar-refractivity contribution in [3.05, 3.63) is 28.2 Å². The number of benzene rings is 1. The Hall–Kier alpha value is -0.970. The summed E-state index contributed by atoms with van der Waals surface area (Å²) in [5.41, 5.74) is 0.653. The average molecular weight is 288 g/mol.